The van der Waals surface area contributed by atoms with Gasteiger partial charge in [0.1, 0.15) is 0 Å². The molecule has 0 saturated heterocycles. The lowest BCUT2D eigenvalue weighted by Gasteiger charge is -2.07. The molecule has 0 spiro atoms. The first-order chi connectivity index (χ1) is 20.6. The largest absolute Gasteiger partial charge is 0.256 e. The molecule has 42 heavy (non-hydrogen) atoms. The van der Waals surface area contributed by atoms with E-state index in [2.05, 4.69) is 43.2 Å². The molecule has 0 aromatic carbocycles. The second-order valence-electron chi connectivity index (χ2n) is 7.98. The molecule has 224 valence electrons. The molecular weight excluding hydrogens is 827 g/mol. The summed E-state index contributed by atoms with van der Waals surface area (Å²) in [5.74, 6) is 4.07. The van der Waals surface area contributed by atoms with Gasteiger partial charge in [0.15, 0.2) is 0 Å². The Kier molecular flexibility index (Phi) is 14.4. The Labute approximate surface area is 317 Å². The van der Waals surface area contributed by atoms with Gasteiger partial charge in [-0.1, -0.05) is 100 Å². The molecule has 5 aliphatic heterocycles. The Morgan fingerprint density at radius 2 is 0.786 bits per heavy atom. The molecule has 6 rings (SSSR count). The molecule has 1 nitrogen and oxygen atoms in total. The summed E-state index contributed by atoms with van der Waals surface area (Å²) in [6.45, 7) is 0. The van der Waals surface area contributed by atoms with Crippen molar-refractivity contribution in [2.75, 3.05) is 36.5 Å². The second-order valence-corrected chi connectivity index (χ2v) is 26.7. The lowest BCUT2D eigenvalue weighted by atomic mass is 10.3. The van der Waals surface area contributed by atoms with E-state index in [1.165, 1.54) is 62.2 Å². The van der Waals surface area contributed by atoms with Crippen molar-refractivity contribution in [2.45, 2.75) is 11.5 Å². The minimum absolute atomic E-state index is 0.916. The average Bonchev–Trinajstić information content (AvgIpc) is 3.80. The van der Waals surface area contributed by atoms with Crippen LogP contribution < -0.4 is 0 Å². The van der Waals surface area contributed by atoms with Crippen molar-refractivity contribution in [1.82, 2.24) is 4.98 Å². The van der Waals surface area contributed by atoms with Crippen molar-refractivity contribution in [3.63, 3.8) is 0 Å². The highest BCUT2D eigenvalue weighted by Gasteiger charge is 2.32. The first-order valence-electron chi connectivity index (χ1n) is 12.1. The maximum absolute atomic E-state index is 5.09. The van der Waals surface area contributed by atoms with Crippen LogP contribution in [-0.4, -0.2) is 41.5 Å². The van der Waals surface area contributed by atoms with Crippen LogP contribution in [0.5, 0.6) is 0 Å². The molecule has 0 N–H and O–H groups in total. The molecule has 0 radical (unpaired) electrons. The molecule has 6 heterocycles. The molecule has 0 aliphatic carbocycles. The molecule has 17 heteroatoms. The first kappa shape index (κ1) is 35.0. The summed E-state index contributed by atoms with van der Waals surface area (Å²) in [6, 6.07) is 6.58. The van der Waals surface area contributed by atoms with Gasteiger partial charge in [0.2, 0.25) is 0 Å². The first-order valence-corrected chi connectivity index (χ1v) is 27.5. The lowest BCUT2D eigenvalue weighted by molar-refractivity contribution is 1.09. The molecule has 1 aromatic rings. The molecule has 0 atom stereocenters. The van der Waals surface area contributed by atoms with Crippen LogP contribution in [0, 0.1) is 0 Å². The van der Waals surface area contributed by atoms with Crippen molar-refractivity contribution in [3.05, 3.63) is 80.4 Å². The van der Waals surface area contributed by atoms with Gasteiger partial charge in [-0.05, 0) is 37.2 Å². The summed E-state index contributed by atoms with van der Waals surface area (Å²) in [4.78, 5) is 5.09. The number of nitrogens with zero attached hydrogens (tertiary/aromatic N) is 1. The van der Waals surface area contributed by atoms with E-state index in [0.717, 1.165) is 23.0 Å². The molecule has 0 fully saturated rings. The Morgan fingerprint density at radius 1 is 0.452 bits per heavy atom. The van der Waals surface area contributed by atoms with E-state index in [9.17, 15) is 0 Å². The predicted octanol–water partition coefficient (Wildman–Crippen LogP) is 14.2. The molecule has 0 unspecified atom stereocenters. The number of pyridine rings is 1. The van der Waals surface area contributed by atoms with Crippen LogP contribution >= 0.6 is 188 Å². The molecule has 0 saturated carbocycles. The zero-order chi connectivity index (χ0) is 29.1. The van der Waals surface area contributed by atoms with Gasteiger partial charge in [-0.3, -0.25) is 4.98 Å². The van der Waals surface area contributed by atoms with Crippen LogP contribution in [0.2, 0.25) is 0 Å². The maximum atomic E-state index is 5.09. The highest BCUT2D eigenvalue weighted by molar-refractivity contribution is 8.46. The minimum Gasteiger partial charge on any atom is -0.256 e. The molecule has 1 aromatic heterocycles. The van der Waals surface area contributed by atoms with E-state index >= 15 is 0 Å². The summed E-state index contributed by atoms with van der Waals surface area (Å²) in [5.41, 5.74) is 2.35. The number of fused-ring (bicyclic) bond motifs is 2. The van der Waals surface area contributed by atoms with Crippen LogP contribution in [0.25, 0.3) is 0 Å². The summed E-state index contributed by atoms with van der Waals surface area (Å²) < 4.78 is 17.5. The van der Waals surface area contributed by atoms with Gasteiger partial charge in [0, 0.05) is 23.0 Å². The SMILES string of the molecule is CSC1=C(SC)SC(=C2SC3=C(SCc4cccc(n4)CSC4=C(SCCS3)SC(=C3SC(SC)=C(SC)S3)S4)S2)S1. The Hall–Kier alpha value is 3.19. The van der Waals surface area contributed by atoms with Gasteiger partial charge in [-0.2, -0.15) is 0 Å². The zero-order valence-corrected chi connectivity index (χ0v) is 35.6. The highest BCUT2D eigenvalue weighted by atomic mass is 32.3. The van der Waals surface area contributed by atoms with Crippen molar-refractivity contribution in [1.29, 1.82) is 0 Å². The number of rotatable bonds is 4. The number of aromatic nitrogens is 1. The van der Waals surface area contributed by atoms with E-state index in [4.69, 9.17) is 4.98 Å². The third kappa shape index (κ3) is 8.67. The van der Waals surface area contributed by atoms with Gasteiger partial charge in [-0.15, -0.1) is 94.1 Å². The minimum atomic E-state index is 0.916. The molecule has 5 aliphatic rings. The normalized spacial score (nSPS) is 22.5. The average molecular weight is 851 g/mol. The predicted molar refractivity (Wildman–Crippen MR) is 229 cm³/mol. The van der Waals surface area contributed by atoms with Crippen LogP contribution in [0.1, 0.15) is 11.4 Å². The number of hydrogen-bond acceptors (Lipinski definition) is 17. The lowest BCUT2D eigenvalue weighted by Crippen LogP contribution is -1.92. The third-order valence-corrected chi connectivity index (χ3v) is 28.2. The van der Waals surface area contributed by atoms with Gasteiger partial charge in [0.05, 0.1) is 62.2 Å². The Balaban J connectivity index is 1.20. The maximum Gasteiger partial charge on any atom is 0.0717 e. The van der Waals surface area contributed by atoms with E-state index < -0.39 is 0 Å². The number of thioether (sulfide) groups is 16. The van der Waals surface area contributed by atoms with Crippen LogP contribution in [0.15, 0.2) is 69.0 Å². The van der Waals surface area contributed by atoms with Gasteiger partial charge < -0.3 is 0 Å². The molecular formula is C25H23NS16. The Bertz CT molecular complexity index is 1300. The quantitative estimate of drug-likeness (QED) is 0.285. The van der Waals surface area contributed by atoms with Crippen molar-refractivity contribution >= 4 is 188 Å². The summed E-state index contributed by atoms with van der Waals surface area (Å²) in [6.07, 6.45) is 8.78. The van der Waals surface area contributed by atoms with E-state index in [1.54, 1.807) is 0 Å². The highest BCUT2D eigenvalue weighted by Crippen LogP contribution is 2.67. The fourth-order valence-electron chi connectivity index (χ4n) is 3.51. The third-order valence-electron chi connectivity index (χ3n) is 5.34. The molecule has 0 amide bonds. The smallest absolute Gasteiger partial charge is 0.0717 e. The van der Waals surface area contributed by atoms with E-state index in [1.807, 2.05) is 188 Å². The second kappa shape index (κ2) is 17.2. The van der Waals surface area contributed by atoms with E-state index in [-0.39, 0.29) is 0 Å². The van der Waals surface area contributed by atoms with Gasteiger partial charge in [-0.25, -0.2) is 0 Å². The number of hydrogen-bond donors (Lipinski definition) is 0. The molecule has 2 bridgehead atoms. The van der Waals surface area contributed by atoms with Crippen molar-refractivity contribution in [3.8, 4) is 0 Å². The van der Waals surface area contributed by atoms with Gasteiger partial charge in [0.25, 0.3) is 0 Å². The summed E-state index contributed by atoms with van der Waals surface area (Å²) >= 11 is 31.3. The summed E-state index contributed by atoms with van der Waals surface area (Å²) in [5, 5.41) is 0. The van der Waals surface area contributed by atoms with E-state index in [0.29, 0.717) is 0 Å². The monoisotopic (exact) mass is 849 g/mol. The fraction of sp³-hybridized carbons (Fsp3) is 0.320. The zero-order valence-electron chi connectivity index (χ0n) is 22.5. The van der Waals surface area contributed by atoms with Crippen molar-refractivity contribution in [2.24, 2.45) is 0 Å². The van der Waals surface area contributed by atoms with Crippen LogP contribution in [-0.2, 0) is 11.5 Å². The summed E-state index contributed by atoms with van der Waals surface area (Å²) in [7, 11) is 0. The fourth-order valence-corrected chi connectivity index (χ4v) is 25.7. The van der Waals surface area contributed by atoms with Crippen LogP contribution in [0.4, 0.5) is 0 Å². The van der Waals surface area contributed by atoms with Gasteiger partial charge >= 0.3 is 0 Å². The van der Waals surface area contributed by atoms with Crippen molar-refractivity contribution < 1.29 is 0 Å². The topological polar surface area (TPSA) is 12.9 Å². The van der Waals surface area contributed by atoms with Crippen LogP contribution in [0.3, 0.4) is 0 Å². The standard InChI is InChI=1S/C25H23NS16/c1-27-14-15(28-2)36-22(35-14)24-39-18-20(41-24)33-10-12-6-5-7-13(26-12)11-34-21-19(32-9-8-31-18)40-25(42-21)23-37-16(29-3)17(30-4)38-23/h5-7H,8-11H2,1-4H3. The Morgan fingerprint density at radius 3 is 1.14 bits per heavy atom.